The summed E-state index contributed by atoms with van der Waals surface area (Å²) in [6, 6.07) is 12.9. The Bertz CT molecular complexity index is 861. The number of benzene rings is 2. The van der Waals surface area contributed by atoms with Crippen molar-refractivity contribution in [1.29, 1.82) is 0 Å². The number of rotatable bonds is 3. The van der Waals surface area contributed by atoms with Crippen LogP contribution >= 0.6 is 11.6 Å². The van der Waals surface area contributed by atoms with E-state index in [1.165, 1.54) is 6.92 Å². The van der Waals surface area contributed by atoms with Gasteiger partial charge in [-0.3, -0.25) is 9.59 Å². The Labute approximate surface area is 152 Å². The summed E-state index contributed by atoms with van der Waals surface area (Å²) < 4.78 is 0. The number of aryl methyl sites for hydroxylation is 1. The second kappa shape index (κ2) is 7.11. The summed E-state index contributed by atoms with van der Waals surface area (Å²) in [5, 5.41) is 3.47. The van der Waals surface area contributed by atoms with Gasteiger partial charge in [-0.2, -0.15) is 0 Å². The van der Waals surface area contributed by atoms with Crippen LogP contribution < -0.4 is 5.32 Å². The molecule has 2 aromatic rings. The fraction of sp³-hybridized carbons (Fsp3) is 0.200. The number of hydrogen-bond donors (Lipinski definition) is 1. The van der Waals surface area contributed by atoms with Gasteiger partial charge in [-0.05, 0) is 41.8 Å². The third-order valence-electron chi connectivity index (χ3n) is 4.32. The predicted molar refractivity (Wildman–Crippen MR) is 100 cm³/mol. The average molecular weight is 355 g/mol. The zero-order chi connectivity index (χ0) is 18.0. The van der Waals surface area contributed by atoms with Gasteiger partial charge in [0, 0.05) is 23.8 Å². The third-order valence-corrected chi connectivity index (χ3v) is 4.56. The first-order chi connectivity index (χ1) is 12.0. The minimum atomic E-state index is -0.321. The lowest BCUT2D eigenvalue weighted by molar-refractivity contribution is -0.129. The fourth-order valence-corrected chi connectivity index (χ4v) is 3.19. The smallest absolute Gasteiger partial charge is 0.226 e. The van der Waals surface area contributed by atoms with Crippen LogP contribution in [0.4, 0.5) is 5.69 Å². The molecule has 1 heterocycles. The molecule has 1 aliphatic rings. The van der Waals surface area contributed by atoms with Crippen LogP contribution in [0.25, 0.3) is 6.08 Å². The van der Waals surface area contributed by atoms with Crippen LogP contribution in [0.1, 0.15) is 36.1 Å². The zero-order valence-electron chi connectivity index (χ0n) is 14.1. The van der Waals surface area contributed by atoms with Gasteiger partial charge < -0.3 is 10.2 Å². The van der Waals surface area contributed by atoms with Crippen LogP contribution in [0.2, 0.25) is 5.02 Å². The molecule has 1 atom stereocenters. The summed E-state index contributed by atoms with van der Waals surface area (Å²) in [7, 11) is 0. The first-order valence-corrected chi connectivity index (χ1v) is 8.45. The van der Waals surface area contributed by atoms with Crippen molar-refractivity contribution >= 4 is 35.2 Å². The standard InChI is InChI=1S/C20H19ClN2O2/c1-13-7-8-16(21)11-18(13)22-20(25)12-19-17-6-4-3-5-15(17)9-10-23(19)14(2)24/h3-11,19H,12H2,1-2H3,(H,22,25)/t19-/m0/s1. The summed E-state index contributed by atoms with van der Waals surface area (Å²) in [5.41, 5.74) is 3.62. The Kier molecular flexibility index (Phi) is 4.91. The van der Waals surface area contributed by atoms with Gasteiger partial charge >= 0.3 is 0 Å². The molecular formula is C20H19ClN2O2. The first kappa shape index (κ1) is 17.2. The number of nitrogens with one attached hydrogen (secondary N) is 1. The van der Waals surface area contributed by atoms with Crippen LogP contribution in [0.5, 0.6) is 0 Å². The van der Waals surface area contributed by atoms with E-state index >= 15 is 0 Å². The largest absolute Gasteiger partial charge is 0.326 e. The summed E-state index contributed by atoms with van der Waals surface area (Å²) in [6.07, 6.45) is 3.81. The summed E-state index contributed by atoms with van der Waals surface area (Å²) in [5.74, 6) is -0.255. The summed E-state index contributed by atoms with van der Waals surface area (Å²) >= 11 is 6.01. The average Bonchev–Trinajstić information content (AvgIpc) is 2.58. The first-order valence-electron chi connectivity index (χ1n) is 8.08. The number of anilines is 1. The number of halogens is 1. The van der Waals surface area contributed by atoms with Gasteiger partial charge in [0.2, 0.25) is 11.8 Å². The van der Waals surface area contributed by atoms with Gasteiger partial charge in [-0.15, -0.1) is 0 Å². The Balaban J connectivity index is 1.84. The second-order valence-electron chi connectivity index (χ2n) is 6.10. The number of carbonyl (C=O) groups is 2. The number of amides is 2. The van der Waals surface area contributed by atoms with Crippen molar-refractivity contribution in [1.82, 2.24) is 4.90 Å². The lowest BCUT2D eigenvalue weighted by Gasteiger charge is -2.32. The maximum atomic E-state index is 12.6. The molecule has 1 aliphatic heterocycles. The molecule has 25 heavy (non-hydrogen) atoms. The molecule has 2 amide bonds. The summed E-state index contributed by atoms with van der Waals surface area (Å²) in [4.78, 5) is 26.2. The van der Waals surface area contributed by atoms with Gasteiger partial charge in [0.25, 0.3) is 0 Å². The Morgan fingerprint density at radius 1 is 1.20 bits per heavy atom. The van der Waals surface area contributed by atoms with E-state index < -0.39 is 0 Å². The highest BCUT2D eigenvalue weighted by atomic mass is 35.5. The lowest BCUT2D eigenvalue weighted by Crippen LogP contribution is -2.33. The van der Waals surface area contributed by atoms with Crippen molar-refractivity contribution in [2.24, 2.45) is 0 Å². The molecule has 0 fully saturated rings. The molecule has 0 radical (unpaired) electrons. The summed E-state index contributed by atoms with van der Waals surface area (Å²) in [6.45, 7) is 3.41. The molecule has 0 saturated carbocycles. The van der Waals surface area contributed by atoms with Crippen LogP contribution in [0.3, 0.4) is 0 Å². The van der Waals surface area contributed by atoms with Crippen molar-refractivity contribution in [2.45, 2.75) is 26.3 Å². The quantitative estimate of drug-likeness (QED) is 0.878. The molecular weight excluding hydrogens is 336 g/mol. The molecule has 0 aliphatic carbocycles. The Morgan fingerprint density at radius 2 is 1.96 bits per heavy atom. The molecule has 0 aromatic heterocycles. The predicted octanol–water partition coefficient (Wildman–Crippen LogP) is 4.55. The van der Waals surface area contributed by atoms with E-state index in [2.05, 4.69) is 5.32 Å². The zero-order valence-corrected chi connectivity index (χ0v) is 14.9. The van der Waals surface area contributed by atoms with Crippen LogP contribution in [-0.4, -0.2) is 16.7 Å². The molecule has 0 bridgehead atoms. The normalized spacial score (nSPS) is 15.6. The Hall–Kier alpha value is -2.59. The number of hydrogen-bond acceptors (Lipinski definition) is 2. The molecule has 1 N–H and O–H groups in total. The minimum Gasteiger partial charge on any atom is -0.326 e. The SMILES string of the molecule is CC(=O)N1C=Cc2ccccc2[C@@H]1CC(=O)Nc1cc(Cl)ccc1C. The second-order valence-corrected chi connectivity index (χ2v) is 6.53. The number of carbonyl (C=O) groups excluding carboxylic acids is 2. The highest BCUT2D eigenvalue weighted by Crippen LogP contribution is 2.33. The van der Waals surface area contributed by atoms with E-state index in [0.717, 1.165) is 16.7 Å². The molecule has 5 heteroatoms. The van der Waals surface area contributed by atoms with Crippen molar-refractivity contribution in [2.75, 3.05) is 5.32 Å². The fourth-order valence-electron chi connectivity index (χ4n) is 3.02. The Morgan fingerprint density at radius 3 is 2.72 bits per heavy atom. The maximum Gasteiger partial charge on any atom is 0.226 e. The maximum absolute atomic E-state index is 12.6. The van der Waals surface area contributed by atoms with Gasteiger partial charge in [-0.1, -0.05) is 41.9 Å². The van der Waals surface area contributed by atoms with Crippen molar-refractivity contribution in [3.05, 3.63) is 70.4 Å². The molecule has 2 aromatic carbocycles. The topological polar surface area (TPSA) is 49.4 Å². The third kappa shape index (κ3) is 3.74. The van der Waals surface area contributed by atoms with Gasteiger partial charge in [0.1, 0.15) is 0 Å². The molecule has 0 unspecified atom stereocenters. The van der Waals surface area contributed by atoms with E-state index in [4.69, 9.17) is 11.6 Å². The molecule has 128 valence electrons. The van der Waals surface area contributed by atoms with Crippen LogP contribution in [0, 0.1) is 6.92 Å². The van der Waals surface area contributed by atoms with E-state index in [1.807, 2.05) is 43.3 Å². The van der Waals surface area contributed by atoms with E-state index in [-0.39, 0.29) is 24.3 Å². The number of fused-ring (bicyclic) bond motifs is 1. The minimum absolute atomic E-state index is 0.0949. The van der Waals surface area contributed by atoms with Crippen LogP contribution in [-0.2, 0) is 9.59 Å². The van der Waals surface area contributed by atoms with E-state index in [0.29, 0.717) is 10.7 Å². The molecule has 4 nitrogen and oxygen atoms in total. The highest BCUT2D eigenvalue weighted by molar-refractivity contribution is 6.31. The monoisotopic (exact) mass is 354 g/mol. The lowest BCUT2D eigenvalue weighted by atomic mass is 9.93. The molecule has 3 rings (SSSR count). The number of nitrogens with zero attached hydrogens (tertiary/aromatic N) is 1. The van der Waals surface area contributed by atoms with Crippen molar-refractivity contribution < 1.29 is 9.59 Å². The van der Waals surface area contributed by atoms with E-state index in [9.17, 15) is 9.59 Å². The van der Waals surface area contributed by atoms with Crippen molar-refractivity contribution in [3.8, 4) is 0 Å². The van der Waals surface area contributed by atoms with Gasteiger partial charge in [0.15, 0.2) is 0 Å². The van der Waals surface area contributed by atoms with Crippen molar-refractivity contribution in [3.63, 3.8) is 0 Å². The van der Waals surface area contributed by atoms with Crippen LogP contribution in [0.15, 0.2) is 48.7 Å². The van der Waals surface area contributed by atoms with Gasteiger partial charge in [0.05, 0.1) is 12.5 Å². The molecule has 0 spiro atoms. The van der Waals surface area contributed by atoms with Gasteiger partial charge in [-0.25, -0.2) is 0 Å². The van der Waals surface area contributed by atoms with E-state index in [1.54, 1.807) is 23.2 Å². The highest BCUT2D eigenvalue weighted by Gasteiger charge is 2.28. The molecule has 0 saturated heterocycles.